The van der Waals surface area contributed by atoms with Crippen molar-refractivity contribution in [3.8, 4) is 5.75 Å². The Morgan fingerprint density at radius 2 is 2.12 bits per heavy atom. The van der Waals surface area contributed by atoms with Gasteiger partial charge in [-0.3, -0.25) is 4.90 Å². The Morgan fingerprint density at radius 3 is 2.84 bits per heavy atom. The Morgan fingerprint density at radius 1 is 1.32 bits per heavy atom. The van der Waals surface area contributed by atoms with Gasteiger partial charge in [-0.2, -0.15) is 5.10 Å². The minimum Gasteiger partial charge on any atom is -0.491 e. The monoisotopic (exact) mass is 346 g/mol. The van der Waals surface area contributed by atoms with Crippen LogP contribution in [0.4, 0.5) is 0 Å². The second-order valence-electron chi connectivity index (χ2n) is 6.42. The fourth-order valence-electron chi connectivity index (χ4n) is 3.04. The van der Waals surface area contributed by atoms with E-state index in [0.29, 0.717) is 19.7 Å². The fraction of sp³-hybridized carbons (Fsp3) is 0.556. The van der Waals surface area contributed by atoms with E-state index in [9.17, 15) is 5.11 Å². The Labute approximate surface area is 148 Å². The van der Waals surface area contributed by atoms with Crippen LogP contribution in [0.1, 0.15) is 11.6 Å². The number of para-hydroxylation sites is 1. The summed E-state index contributed by atoms with van der Waals surface area (Å²) in [5.74, 6) is 2.45. The maximum Gasteiger partial charge on any atom is 0.147 e. The molecule has 0 amide bonds. The highest BCUT2D eigenvalue weighted by Crippen LogP contribution is 2.11. The number of benzene rings is 1. The number of morpholine rings is 1. The largest absolute Gasteiger partial charge is 0.491 e. The lowest BCUT2D eigenvalue weighted by atomic mass is 10.2. The average molecular weight is 346 g/mol. The molecule has 25 heavy (non-hydrogen) atoms. The lowest BCUT2D eigenvalue weighted by molar-refractivity contribution is -0.0519. The number of β-amino-alcohol motifs (C(OH)–C–C–N with tert-alkyl or cyclic N) is 1. The first-order valence-corrected chi connectivity index (χ1v) is 8.68. The molecule has 1 aliphatic heterocycles. The van der Waals surface area contributed by atoms with Crippen LogP contribution < -0.4 is 4.74 Å². The van der Waals surface area contributed by atoms with Crippen LogP contribution in [-0.4, -0.2) is 69.8 Å². The van der Waals surface area contributed by atoms with E-state index in [2.05, 4.69) is 15.0 Å². The van der Waals surface area contributed by atoms with Gasteiger partial charge in [0.2, 0.25) is 0 Å². The lowest BCUT2D eigenvalue weighted by Gasteiger charge is -2.34. The predicted octanol–water partition coefficient (Wildman–Crippen LogP) is 1.04. The fourth-order valence-corrected chi connectivity index (χ4v) is 3.04. The molecule has 0 saturated carbocycles. The molecule has 0 spiro atoms. The molecule has 0 aliphatic carbocycles. The van der Waals surface area contributed by atoms with E-state index in [1.807, 2.05) is 48.9 Å². The summed E-state index contributed by atoms with van der Waals surface area (Å²) >= 11 is 0. The molecule has 2 heterocycles. The van der Waals surface area contributed by atoms with Crippen LogP contribution in [0.25, 0.3) is 0 Å². The molecule has 1 saturated heterocycles. The van der Waals surface area contributed by atoms with Gasteiger partial charge in [0.1, 0.15) is 30.1 Å². The molecule has 7 nitrogen and oxygen atoms in total. The van der Waals surface area contributed by atoms with Crippen LogP contribution in [0.15, 0.2) is 30.3 Å². The van der Waals surface area contributed by atoms with Crippen molar-refractivity contribution >= 4 is 0 Å². The number of aliphatic hydroxyl groups is 1. The summed E-state index contributed by atoms with van der Waals surface area (Å²) in [6.45, 7) is 7.61. The maximum atomic E-state index is 10.3. The maximum absolute atomic E-state index is 10.3. The van der Waals surface area contributed by atoms with Gasteiger partial charge in [0, 0.05) is 19.6 Å². The molecule has 7 heteroatoms. The summed E-state index contributed by atoms with van der Waals surface area (Å²) in [6, 6.07) is 9.56. The molecule has 0 bridgehead atoms. The Balaban J connectivity index is 1.45. The standard InChI is InChI=1S/C18H26N4O3/c1-14-19-15(2)22(20-14)12-18-11-21(8-9-24-18)10-16(23)13-25-17-6-4-3-5-7-17/h3-7,16,18,23H,8-13H2,1-2H3/t16-,18+/m0/s1. The molecule has 1 aromatic heterocycles. The van der Waals surface area contributed by atoms with Gasteiger partial charge in [0.15, 0.2) is 0 Å². The second-order valence-corrected chi connectivity index (χ2v) is 6.42. The van der Waals surface area contributed by atoms with Crippen molar-refractivity contribution in [2.45, 2.75) is 32.6 Å². The Bertz CT molecular complexity index is 662. The number of aromatic nitrogens is 3. The number of rotatable bonds is 7. The van der Waals surface area contributed by atoms with Gasteiger partial charge in [0.25, 0.3) is 0 Å². The first-order chi connectivity index (χ1) is 12.1. The van der Waals surface area contributed by atoms with Crippen molar-refractivity contribution in [3.63, 3.8) is 0 Å². The third-order valence-electron chi connectivity index (χ3n) is 4.22. The Kier molecular flexibility index (Phi) is 6.01. The first kappa shape index (κ1) is 17.8. The molecule has 2 atom stereocenters. The summed E-state index contributed by atoms with van der Waals surface area (Å²) < 4.78 is 13.4. The van der Waals surface area contributed by atoms with Crippen molar-refractivity contribution in [2.75, 3.05) is 32.8 Å². The number of hydrogen-bond acceptors (Lipinski definition) is 6. The van der Waals surface area contributed by atoms with Gasteiger partial charge in [-0.25, -0.2) is 9.67 Å². The van der Waals surface area contributed by atoms with Crippen LogP contribution in [-0.2, 0) is 11.3 Å². The van der Waals surface area contributed by atoms with Crippen molar-refractivity contribution < 1.29 is 14.6 Å². The van der Waals surface area contributed by atoms with Gasteiger partial charge in [-0.05, 0) is 26.0 Å². The number of nitrogens with zero attached hydrogens (tertiary/aromatic N) is 4. The average Bonchev–Trinajstić information content (AvgIpc) is 2.91. The predicted molar refractivity (Wildman–Crippen MR) is 93.6 cm³/mol. The topological polar surface area (TPSA) is 72.6 Å². The van der Waals surface area contributed by atoms with Gasteiger partial charge in [-0.15, -0.1) is 0 Å². The molecule has 136 valence electrons. The van der Waals surface area contributed by atoms with E-state index < -0.39 is 6.10 Å². The summed E-state index contributed by atoms with van der Waals surface area (Å²) in [7, 11) is 0. The zero-order valence-electron chi connectivity index (χ0n) is 14.8. The normalized spacial score (nSPS) is 19.7. The SMILES string of the molecule is Cc1nc(C)n(C[C@H]2CN(C[C@H](O)COc3ccccc3)CCO2)n1. The minimum absolute atomic E-state index is 0.0517. The van der Waals surface area contributed by atoms with Crippen LogP contribution >= 0.6 is 0 Å². The van der Waals surface area contributed by atoms with Crippen molar-refractivity contribution in [1.82, 2.24) is 19.7 Å². The smallest absolute Gasteiger partial charge is 0.147 e. The summed E-state index contributed by atoms with van der Waals surface area (Å²) in [6.07, 6.45) is -0.481. The highest BCUT2D eigenvalue weighted by Gasteiger charge is 2.23. The van der Waals surface area contributed by atoms with Gasteiger partial charge >= 0.3 is 0 Å². The number of aliphatic hydroxyl groups excluding tert-OH is 1. The summed E-state index contributed by atoms with van der Waals surface area (Å²) in [5, 5.41) is 14.6. The summed E-state index contributed by atoms with van der Waals surface area (Å²) in [5.41, 5.74) is 0. The molecule has 3 rings (SSSR count). The van der Waals surface area contributed by atoms with Crippen molar-refractivity contribution in [1.29, 1.82) is 0 Å². The van der Waals surface area contributed by atoms with E-state index in [1.54, 1.807) is 0 Å². The van der Waals surface area contributed by atoms with E-state index >= 15 is 0 Å². The minimum atomic E-state index is -0.533. The number of hydrogen-bond donors (Lipinski definition) is 1. The molecule has 1 fully saturated rings. The number of aryl methyl sites for hydroxylation is 2. The van der Waals surface area contributed by atoms with E-state index in [0.717, 1.165) is 30.5 Å². The highest BCUT2D eigenvalue weighted by molar-refractivity contribution is 5.20. The van der Waals surface area contributed by atoms with E-state index in [1.165, 1.54) is 0 Å². The third kappa shape index (κ3) is 5.26. The van der Waals surface area contributed by atoms with Crippen molar-refractivity contribution in [3.05, 3.63) is 42.0 Å². The van der Waals surface area contributed by atoms with E-state index in [-0.39, 0.29) is 12.7 Å². The van der Waals surface area contributed by atoms with E-state index in [4.69, 9.17) is 9.47 Å². The highest BCUT2D eigenvalue weighted by atomic mass is 16.5. The molecule has 0 unspecified atom stereocenters. The second kappa shape index (κ2) is 8.42. The van der Waals surface area contributed by atoms with Crippen LogP contribution in [0.5, 0.6) is 5.75 Å². The molecule has 1 aromatic carbocycles. The zero-order valence-corrected chi connectivity index (χ0v) is 14.8. The molecular formula is C18H26N4O3. The quantitative estimate of drug-likeness (QED) is 0.807. The first-order valence-electron chi connectivity index (χ1n) is 8.68. The van der Waals surface area contributed by atoms with Crippen molar-refractivity contribution in [2.24, 2.45) is 0 Å². The van der Waals surface area contributed by atoms with Gasteiger partial charge in [0.05, 0.1) is 19.3 Å². The molecular weight excluding hydrogens is 320 g/mol. The molecule has 2 aromatic rings. The zero-order chi connectivity index (χ0) is 17.6. The third-order valence-corrected chi connectivity index (χ3v) is 4.22. The lowest BCUT2D eigenvalue weighted by Crippen LogP contribution is -2.47. The van der Waals surface area contributed by atoms with Gasteiger partial charge < -0.3 is 14.6 Å². The number of ether oxygens (including phenoxy) is 2. The molecule has 1 N–H and O–H groups in total. The van der Waals surface area contributed by atoms with Crippen LogP contribution in [0.2, 0.25) is 0 Å². The Hall–Kier alpha value is -1.96. The van der Waals surface area contributed by atoms with Gasteiger partial charge in [-0.1, -0.05) is 18.2 Å². The molecule has 0 radical (unpaired) electrons. The van der Waals surface area contributed by atoms with Crippen LogP contribution in [0, 0.1) is 13.8 Å². The summed E-state index contributed by atoms with van der Waals surface area (Å²) in [4.78, 5) is 6.54. The van der Waals surface area contributed by atoms with Crippen LogP contribution in [0.3, 0.4) is 0 Å². The molecule has 1 aliphatic rings.